The molecule has 0 spiro atoms. The van der Waals surface area contributed by atoms with Gasteiger partial charge in [0.2, 0.25) is 11.9 Å². The Morgan fingerprint density at radius 3 is 2.63 bits per heavy atom. The van der Waals surface area contributed by atoms with Crippen molar-refractivity contribution in [2.45, 2.75) is 70.1 Å². The molecule has 2 saturated heterocycles. The SMILES string of the molecule is CC1[C@H](c2ccc(Cl)cc2)[C@@H](C(=O)N2Cc3nc(NC4CCOCC4)ncc3C[C@H]2C)CCN1C. The summed E-state index contributed by atoms with van der Waals surface area (Å²) in [7, 11) is 2.15. The van der Waals surface area contributed by atoms with Crippen LogP contribution in [0.2, 0.25) is 5.02 Å². The van der Waals surface area contributed by atoms with E-state index >= 15 is 0 Å². The van der Waals surface area contributed by atoms with Gasteiger partial charge >= 0.3 is 0 Å². The molecule has 0 bridgehead atoms. The first-order chi connectivity index (χ1) is 16.9. The summed E-state index contributed by atoms with van der Waals surface area (Å²) in [5.74, 6) is 0.960. The fourth-order valence-electron chi connectivity index (χ4n) is 5.91. The highest BCUT2D eigenvalue weighted by atomic mass is 35.5. The van der Waals surface area contributed by atoms with Crippen LogP contribution in [-0.4, -0.2) is 70.6 Å². The van der Waals surface area contributed by atoms with Crippen LogP contribution in [0, 0.1) is 5.92 Å². The number of likely N-dealkylation sites (N-methyl/N-ethyl adjacent to an activating group) is 1. The normalized spacial score (nSPS) is 27.9. The van der Waals surface area contributed by atoms with Crippen LogP contribution >= 0.6 is 11.6 Å². The lowest BCUT2D eigenvalue weighted by Crippen LogP contribution is -2.52. The maximum absolute atomic E-state index is 14.1. The average Bonchev–Trinajstić information content (AvgIpc) is 2.86. The second kappa shape index (κ2) is 10.4. The second-order valence-electron chi connectivity index (χ2n) is 10.4. The molecule has 188 valence electrons. The van der Waals surface area contributed by atoms with Crippen molar-refractivity contribution in [1.82, 2.24) is 19.8 Å². The van der Waals surface area contributed by atoms with E-state index in [1.54, 1.807) is 0 Å². The number of rotatable bonds is 4. The van der Waals surface area contributed by atoms with Crippen molar-refractivity contribution in [3.05, 3.63) is 52.3 Å². The Morgan fingerprint density at radius 2 is 1.89 bits per heavy atom. The summed E-state index contributed by atoms with van der Waals surface area (Å²) >= 11 is 6.17. The van der Waals surface area contributed by atoms with Gasteiger partial charge in [0.15, 0.2) is 0 Å². The number of aromatic nitrogens is 2. The Kier molecular flexibility index (Phi) is 7.28. The number of benzene rings is 1. The van der Waals surface area contributed by atoms with Crippen LogP contribution in [0.15, 0.2) is 30.5 Å². The van der Waals surface area contributed by atoms with E-state index in [0.717, 1.165) is 61.7 Å². The molecular weight excluding hydrogens is 462 g/mol. The van der Waals surface area contributed by atoms with Crippen LogP contribution in [0.25, 0.3) is 0 Å². The standard InChI is InChI=1S/C27H36ClN5O2/c1-17-14-20-15-29-27(30-22-9-12-35-13-10-22)31-24(20)16-33(17)26(34)23-8-11-32(3)18(2)25(23)19-4-6-21(28)7-5-19/h4-7,15,17-18,22-23,25H,8-14,16H2,1-3H3,(H,29,30,31)/t17-,18?,23+,25-/m1/s1. The maximum atomic E-state index is 14.1. The molecule has 0 saturated carbocycles. The van der Waals surface area contributed by atoms with Crippen molar-refractivity contribution in [3.8, 4) is 0 Å². The highest BCUT2D eigenvalue weighted by molar-refractivity contribution is 6.30. The average molecular weight is 498 g/mol. The summed E-state index contributed by atoms with van der Waals surface area (Å²) in [4.78, 5) is 27.9. The first kappa shape index (κ1) is 24.5. The fraction of sp³-hybridized carbons (Fsp3) is 0.593. The van der Waals surface area contributed by atoms with Crippen LogP contribution in [0.4, 0.5) is 5.95 Å². The number of halogens is 1. The molecule has 0 radical (unpaired) electrons. The van der Waals surface area contributed by atoms with E-state index in [2.05, 4.69) is 53.1 Å². The third-order valence-electron chi connectivity index (χ3n) is 8.17. The molecule has 4 atom stereocenters. The van der Waals surface area contributed by atoms with E-state index in [1.807, 2.05) is 18.3 Å². The van der Waals surface area contributed by atoms with Crippen molar-refractivity contribution in [2.24, 2.45) is 5.92 Å². The Bertz CT molecular complexity index is 1040. The number of carbonyl (C=O) groups excluding carboxylic acids is 1. The lowest BCUT2D eigenvalue weighted by molar-refractivity contribution is -0.142. The summed E-state index contributed by atoms with van der Waals surface area (Å²) in [5.41, 5.74) is 3.29. The number of hydrogen-bond donors (Lipinski definition) is 1. The number of hydrogen-bond acceptors (Lipinski definition) is 6. The Hall–Kier alpha value is -2.22. The molecule has 1 amide bonds. The summed E-state index contributed by atoms with van der Waals surface area (Å²) < 4.78 is 5.46. The minimum absolute atomic E-state index is 0.0620. The van der Waals surface area contributed by atoms with E-state index in [-0.39, 0.29) is 29.8 Å². The molecule has 4 heterocycles. The van der Waals surface area contributed by atoms with Crippen LogP contribution in [0.5, 0.6) is 0 Å². The monoisotopic (exact) mass is 497 g/mol. The van der Waals surface area contributed by atoms with Gasteiger partial charge < -0.3 is 19.9 Å². The van der Waals surface area contributed by atoms with Crippen LogP contribution < -0.4 is 5.32 Å². The largest absolute Gasteiger partial charge is 0.381 e. The van der Waals surface area contributed by atoms with Gasteiger partial charge in [-0.2, -0.15) is 0 Å². The van der Waals surface area contributed by atoms with Crippen molar-refractivity contribution < 1.29 is 9.53 Å². The maximum Gasteiger partial charge on any atom is 0.227 e. The first-order valence-corrected chi connectivity index (χ1v) is 13.2. The highest BCUT2D eigenvalue weighted by Gasteiger charge is 2.42. The number of fused-ring (bicyclic) bond motifs is 1. The van der Waals surface area contributed by atoms with Crippen molar-refractivity contribution in [2.75, 3.05) is 32.1 Å². The summed E-state index contributed by atoms with van der Waals surface area (Å²) in [5, 5.41) is 4.19. The van der Waals surface area contributed by atoms with Gasteiger partial charge in [0.1, 0.15) is 0 Å². The molecule has 1 aromatic carbocycles. The molecule has 1 unspecified atom stereocenters. The molecule has 8 heteroatoms. The number of nitrogens with one attached hydrogen (secondary N) is 1. The predicted molar refractivity (Wildman–Crippen MR) is 138 cm³/mol. The number of likely N-dealkylation sites (tertiary alicyclic amines) is 1. The van der Waals surface area contributed by atoms with E-state index in [4.69, 9.17) is 21.3 Å². The highest BCUT2D eigenvalue weighted by Crippen LogP contribution is 2.39. The third-order valence-corrected chi connectivity index (χ3v) is 8.42. The fourth-order valence-corrected chi connectivity index (χ4v) is 6.03. The number of carbonyl (C=O) groups is 1. The van der Waals surface area contributed by atoms with E-state index in [0.29, 0.717) is 18.5 Å². The van der Waals surface area contributed by atoms with Crippen LogP contribution in [-0.2, 0) is 22.5 Å². The lowest BCUT2D eigenvalue weighted by Gasteiger charge is -2.45. The zero-order chi connectivity index (χ0) is 24.5. The minimum atomic E-state index is -0.0620. The Labute approximate surface area is 213 Å². The first-order valence-electron chi connectivity index (χ1n) is 12.9. The zero-order valence-electron chi connectivity index (χ0n) is 20.9. The molecule has 7 nitrogen and oxygen atoms in total. The predicted octanol–water partition coefficient (Wildman–Crippen LogP) is 4.12. The smallest absolute Gasteiger partial charge is 0.227 e. The molecule has 5 rings (SSSR count). The van der Waals surface area contributed by atoms with Gasteiger partial charge in [-0.3, -0.25) is 4.79 Å². The molecular formula is C27H36ClN5O2. The molecule has 2 fully saturated rings. The van der Waals surface area contributed by atoms with E-state index in [1.165, 1.54) is 5.56 Å². The minimum Gasteiger partial charge on any atom is -0.381 e. The molecule has 3 aliphatic heterocycles. The number of ether oxygens (including phenoxy) is 1. The van der Waals surface area contributed by atoms with Crippen molar-refractivity contribution in [3.63, 3.8) is 0 Å². The number of piperidine rings is 1. The van der Waals surface area contributed by atoms with Gasteiger partial charge in [-0.25, -0.2) is 9.97 Å². The van der Waals surface area contributed by atoms with E-state index in [9.17, 15) is 4.79 Å². The zero-order valence-corrected chi connectivity index (χ0v) is 21.7. The van der Waals surface area contributed by atoms with Gasteiger partial charge in [-0.05, 0) is 76.4 Å². The molecule has 1 aromatic heterocycles. The summed E-state index contributed by atoms with van der Waals surface area (Å²) in [6, 6.07) is 8.76. The van der Waals surface area contributed by atoms with Gasteiger partial charge in [-0.15, -0.1) is 0 Å². The van der Waals surface area contributed by atoms with Gasteiger partial charge in [0.25, 0.3) is 0 Å². The quantitative estimate of drug-likeness (QED) is 0.685. The lowest BCUT2D eigenvalue weighted by atomic mass is 9.75. The van der Waals surface area contributed by atoms with Gasteiger partial charge in [0, 0.05) is 54.4 Å². The number of amides is 1. The van der Waals surface area contributed by atoms with Crippen molar-refractivity contribution in [1.29, 1.82) is 0 Å². The van der Waals surface area contributed by atoms with Crippen LogP contribution in [0.3, 0.4) is 0 Å². The topological polar surface area (TPSA) is 70.6 Å². The Balaban J connectivity index is 1.36. The second-order valence-corrected chi connectivity index (χ2v) is 10.8. The van der Waals surface area contributed by atoms with Gasteiger partial charge in [-0.1, -0.05) is 23.7 Å². The summed E-state index contributed by atoms with van der Waals surface area (Å²) in [6.07, 6.45) is 5.50. The van der Waals surface area contributed by atoms with E-state index < -0.39 is 0 Å². The summed E-state index contributed by atoms with van der Waals surface area (Å²) in [6.45, 7) is 7.37. The molecule has 2 aromatic rings. The number of nitrogens with zero attached hydrogens (tertiary/aromatic N) is 4. The molecule has 0 aliphatic carbocycles. The van der Waals surface area contributed by atoms with Crippen molar-refractivity contribution >= 4 is 23.5 Å². The van der Waals surface area contributed by atoms with Crippen LogP contribution in [0.1, 0.15) is 55.8 Å². The molecule has 35 heavy (non-hydrogen) atoms. The Morgan fingerprint density at radius 1 is 1.14 bits per heavy atom. The molecule has 3 aliphatic rings. The van der Waals surface area contributed by atoms with Gasteiger partial charge in [0.05, 0.1) is 12.2 Å². The number of anilines is 1. The third kappa shape index (κ3) is 5.18. The molecule has 1 N–H and O–H groups in total.